The molecule has 2 saturated heterocycles. The lowest BCUT2D eigenvalue weighted by atomic mass is 9.63. The predicted molar refractivity (Wildman–Crippen MR) is 127 cm³/mol. The number of hydrogen-bond acceptors (Lipinski definition) is 3. The molecule has 3 heterocycles. The number of benzene rings is 2. The average molecular weight is 463 g/mol. The Hall–Kier alpha value is -3.48. The van der Waals surface area contributed by atoms with E-state index in [0.717, 1.165) is 36.2 Å². The third-order valence-corrected chi connectivity index (χ3v) is 7.29. The molecule has 2 aromatic carbocycles. The van der Waals surface area contributed by atoms with E-state index in [-0.39, 0.29) is 35.2 Å². The molecule has 34 heavy (non-hydrogen) atoms. The van der Waals surface area contributed by atoms with Crippen molar-refractivity contribution in [3.05, 3.63) is 95.8 Å². The van der Waals surface area contributed by atoms with Crippen LogP contribution in [-0.2, 0) is 0 Å². The van der Waals surface area contributed by atoms with Crippen LogP contribution in [0, 0.1) is 17.0 Å². The zero-order valence-electron chi connectivity index (χ0n) is 19.1. The molecule has 2 atom stereocenters. The standard InChI is InChI=1S/C27H28F2N4O/c1-19(20-4-6-22(28)7-5-20)31-26(34)32-15-12-27(13-16-32)18-33(24-10-8-23(29)9-11-24)25(27)21-3-2-14-30-17-21/h2-11,14,17,19,25H,12-13,15-16,18H2,1H3,(H,31,34)/t19-,25?/m1/s1. The van der Waals surface area contributed by atoms with E-state index in [0.29, 0.717) is 13.1 Å². The largest absolute Gasteiger partial charge is 0.363 e. The van der Waals surface area contributed by atoms with Crippen molar-refractivity contribution in [2.24, 2.45) is 5.41 Å². The Balaban J connectivity index is 1.27. The van der Waals surface area contributed by atoms with E-state index in [2.05, 4.69) is 21.3 Å². The SMILES string of the molecule is C[C@@H](NC(=O)N1CCC2(CC1)CN(c1ccc(F)cc1)C2c1cccnc1)c1ccc(F)cc1. The summed E-state index contributed by atoms with van der Waals surface area (Å²) in [6, 6.07) is 16.7. The summed E-state index contributed by atoms with van der Waals surface area (Å²) in [5.74, 6) is -0.534. The summed E-state index contributed by atoms with van der Waals surface area (Å²) in [7, 11) is 0. The van der Waals surface area contributed by atoms with Gasteiger partial charge in [-0.25, -0.2) is 13.6 Å². The molecular weight excluding hydrogens is 434 g/mol. The van der Waals surface area contributed by atoms with Gasteiger partial charge in [-0.3, -0.25) is 4.98 Å². The number of halogens is 2. The number of aromatic nitrogens is 1. The van der Waals surface area contributed by atoms with Crippen LogP contribution < -0.4 is 10.2 Å². The monoisotopic (exact) mass is 462 g/mol. The van der Waals surface area contributed by atoms with Crippen LogP contribution in [0.5, 0.6) is 0 Å². The van der Waals surface area contributed by atoms with Crippen molar-refractivity contribution >= 4 is 11.7 Å². The summed E-state index contributed by atoms with van der Waals surface area (Å²) in [5.41, 5.74) is 3.04. The van der Waals surface area contributed by atoms with E-state index in [1.165, 1.54) is 24.3 Å². The second kappa shape index (κ2) is 9.05. The van der Waals surface area contributed by atoms with E-state index < -0.39 is 0 Å². The first-order chi connectivity index (χ1) is 16.4. The summed E-state index contributed by atoms with van der Waals surface area (Å²) in [5, 5.41) is 3.04. The van der Waals surface area contributed by atoms with E-state index >= 15 is 0 Å². The molecule has 2 aliphatic heterocycles. The van der Waals surface area contributed by atoms with Crippen molar-refractivity contribution in [3.8, 4) is 0 Å². The van der Waals surface area contributed by atoms with Crippen molar-refractivity contribution in [1.82, 2.24) is 15.2 Å². The van der Waals surface area contributed by atoms with Crippen molar-refractivity contribution in [2.75, 3.05) is 24.5 Å². The lowest BCUT2D eigenvalue weighted by Crippen LogP contribution is -2.63. The van der Waals surface area contributed by atoms with E-state index in [9.17, 15) is 13.6 Å². The van der Waals surface area contributed by atoms with E-state index in [1.54, 1.807) is 18.3 Å². The minimum Gasteiger partial charge on any atom is -0.363 e. The number of hydrogen-bond donors (Lipinski definition) is 1. The molecule has 0 aliphatic carbocycles. The maximum atomic E-state index is 13.5. The molecule has 5 rings (SSSR count). The van der Waals surface area contributed by atoms with Crippen molar-refractivity contribution in [2.45, 2.75) is 31.8 Å². The van der Waals surface area contributed by atoms with E-state index in [1.807, 2.05) is 36.2 Å². The first-order valence-electron chi connectivity index (χ1n) is 11.7. The van der Waals surface area contributed by atoms with Crippen LogP contribution in [0.25, 0.3) is 0 Å². The third kappa shape index (κ3) is 4.22. The van der Waals surface area contributed by atoms with Crippen LogP contribution in [0.1, 0.15) is 43.0 Å². The molecular formula is C27H28F2N4O. The highest BCUT2D eigenvalue weighted by molar-refractivity contribution is 5.75. The molecule has 0 saturated carbocycles. The second-order valence-electron chi connectivity index (χ2n) is 9.37. The number of likely N-dealkylation sites (tertiary alicyclic amines) is 1. The van der Waals surface area contributed by atoms with Gasteiger partial charge in [0.25, 0.3) is 0 Å². The molecule has 176 valence electrons. The fourth-order valence-corrected chi connectivity index (χ4v) is 5.38. The first-order valence-corrected chi connectivity index (χ1v) is 11.7. The summed E-state index contributed by atoms with van der Waals surface area (Å²) < 4.78 is 26.7. The molecule has 2 fully saturated rings. The fraction of sp³-hybridized carbons (Fsp3) is 0.333. The Kier molecular flexibility index (Phi) is 5.94. The quantitative estimate of drug-likeness (QED) is 0.559. The number of carbonyl (C=O) groups excluding carboxylic acids is 1. The smallest absolute Gasteiger partial charge is 0.317 e. The van der Waals surface area contributed by atoms with Gasteiger partial charge in [-0.15, -0.1) is 0 Å². The zero-order chi connectivity index (χ0) is 23.7. The summed E-state index contributed by atoms with van der Waals surface area (Å²) >= 11 is 0. The van der Waals surface area contributed by atoms with Gasteiger partial charge in [0.05, 0.1) is 12.1 Å². The van der Waals surface area contributed by atoms with Gasteiger partial charge in [0.15, 0.2) is 0 Å². The van der Waals surface area contributed by atoms with Crippen LogP contribution >= 0.6 is 0 Å². The molecule has 1 N–H and O–H groups in total. The van der Waals surface area contributed by atoms with Gasteiger partial charge in [-0.05, 0) is 73.4 Å². The normalized spacial score (nSPS) is 20.0. The summed E-state index contributed by atoms with van der Waals surface area (Å²) in [6.07, 6.45) is 5.43. The molecule has 0 radical (unpaired) electrons. The maximum Gasteiger partial charge on any atom is 0.317 e. The Morgan fingerprint density at radius 3 is 2.29 bits per heavy atom. The second-order valence-corrected chi connectivity index (χ2v) is 9.37. The van der Waals surface area contributed by atoms with Crippen LogP contribution in [-0.4, -0.2) is 35.5 Å². The minimum absolute atomic E-state index is 0.0385. The van der Waals surface area contributed by atoms with Crippen LogP contribution in [0.4, 0.5) is 19.3 Å². The molecule has 2 amide bonds. The number of nitrogens with zero attached hydrogens (tertiary/aromatic N) is 3. The number of anilines is 1. The number of amides is 2. The zero-order valence-corrected chi connectivity index (χ0v) is 19.1. The number of rotatable bonds is 4. The lowest BCUT2D eigenvalue weighted by Gasteiger charge is -2.61. The van der Waals surface area contributed by atoms with Gasteiger partial charge < -0.3 is 15.1 Å². The highest BCUT2D eigenvalue weighted by Crippen LogP contribution is 2.56. The van der Waals surface area contributed by atoms with Crippen molar-refractivity contribution in [3.63, 3.8) is 0 Å². The number of pyridine rings is 1. The molecule has 3 aromatic rings. The highest BCUT2D eigenvalue weighted by Gasteiger charge is 2.54. The lowest BCUT2D eigenvalue weighted by molar-refractivity contribution is 0.0431. The predicted octanol–water partition coefficient (Wildman–Crippen LogP) is 5.47. The Morgan fingerprint density at radius 1 is 1.03 bits per heavy atom. The van der Waals surface area contributed by atoms with Crippen LogP contribution in [0.15, 0.2) is 73.1 Å². The van der Waals surface area contributed by atoms with Gasteiger partial charge in [0.2, 0.25) is 0 Å². The molecule has 5 nitrogen and oxygen atoms in total. The molecule has 1 spiro atoms. The molecule has 2 aliphatic rings. The van der Waals surface area contributed by atoms with Gasteiger partial charge in [0.1, 0.15) is 11.6 Å². The summed E-state index contributed by atoms with van der Waals surface area (Å²) in [6.45, 7) is 4.09. The number of nitrogens with one attached hydrogen (secondary N) is 1. The number of carbonyl (C=O) groups is 1. The number of piperidine rings is 1. The average Bonchev–Trinajstić information content (AvgIpc) is 2.84. The van der Waals surface area contributed by atoms with Gasteiger partial charge in [-0.2, -0.15) is 0 Å². The highest BCUT2D eigenvalue weighted by atomic mass is 19.1. The molecule has 1 aromatic heterocycles. The van der Waals surface area contributed by atoms with Crippen LogP contribution in [0.3, 0.4) is 0 Å². The van der Waals surface area contributed by atoms with Crippen LogP contribution in [0.2, 0.25) is 0 Å². The van der Waals surface area contributed by atoms with Crippen molar-refractivity contribution < 1.29 is 13.6 Å². The third-order valence-electron chi connectivity index (χ3n) is 7.29. The maximum absolute atomic E-state index is 13.5. The fourth-order valence-electron chi connectivity index (χ4n) is 5.38. The first kappa shape index (κ1) is 22.3. The van der Waals surface area contributed by atoms with E-state index in [4.69, 9.17) is 0 Å². The molecule has 0 bridgehead atoms. The van der Waals surface area contributed by atoms with Gasteiger partial charge in [0, 0.05) is 43.1 Å². The molecule has 7 heteroatoms. The Bertz CT molecular complexity index is 1130. The Labute approximate surface area is 198 Å². The van der Waals surface area contributed by atoms with Gasteiger partial charge >= 0.3 is 6.03 Å². The topological polar surface area (TPSA) is 48.5 Å². The summed E-state index contributed by atoms with van der Waals surface area (Å²) in [4.78, 5) is 21.4. The van der Waals surface area contributed by atoms with Crippen molar-refractivity contribution in [1.29, 1.82) is 0 Å². The Morgan fingerprint density at radius 2 is 1.68 bits per heavy atom. The number of urea groups is 1. The molecule has 1 unspecified atom stereocenters. The van der Waals surface area contributed by atoms with Gasteiger partial charge in [-0.1, -0.05) is 18.2 Å². The minimum atomic E-state index is -0.290.